The fourth-order valence-corrected chi connectivity index (χ4v) is 1.87. The maximum Gasteiger partial charge on any atom is 0.343 e. The molecule has 0 heterocycles. The van der Waals surface area contributed by atoms with Crippen LogP contribution in [0.4, 0.5) is 0 Å². The van der Waals surface area contributed by atoms with E-state index >= 15 is 0 Å². The highest BCUT2D eigenvalue weighted by molar-refractivity contribution is 5.94. The molecule has 0 aliphatic heterocycles. The third-order valence-corrected chi connectivity index (χ3v) is 3.12. The minimum atomic E-state index is -0.469. The predicted molar refractivity (Wildman–Crippen MR) is 79.1 cm³/mol. The van der Waals surface area contributed by atoms with Crippen LogP contribution in [0.3, 0.4) is 0 Å². The lowest BCUT2D eigenvalue weighted by Crippen LogP contribution is -2.09. The smallest absolute Gasteiger partial charge is 0.343 e. The van der Waals surface area contributed by atoms with Crippen molar-refractivity contribution in [2.24, 2.45) is 0 Å². The van der Waals surface area contributed by atoms with Gasteiger partial charge in [0.05, 0.1) is 12.7 Å². The number of carbonyl (C=O) groups is 2. The van der Waals surface area contributed by atoms with Gasteiger partial charge >= 0.3 is 5.97 Å². The van der Waals surface area contributed by atoms with Gasteiger partial charge in [-0.05, 0) is 55.8 Å². The van der Waals surface area contributed by atoms with E-state index in [4.69, 9.17) is 9.47 Å². The van der Waals surface area contributed by atoms with Crippen LogP contribution in [0.15, 0.2) is 42.5 Å². The first-order chi connectivity index (χ1) is 10.0. The summed E-state index contributed by atoms with van der Waals surface area (Å²) in [6.07, 6.45) is 0. The average molecular weight is 284 g/mol. The van der Waals surface area contributed by atoms with Crippen molar-refractivity contribution in [1.29, 1.82) is 0 Å². The molecule has 0 radical (unpaired) electrons. The Morgan fingerprint density at radius 1 is 0.952 bits per heavy atom. The van der Waals surface area contributed by atoms with Crippen molar-refractivity contribution >= 4 is 11.8 Å². The van der Waals surface area contributed by atoms with E-state index in [9.17, 15) is 9.59 Å². The number of hydrogen-bond acceptors (Lipinski definition) is 4. The van der Waals surface area contributed by atoms with Crippen LogP contribution in [0, 0.1) is 6.92 Å². The first-order valence-corrected chi connectivity index (χ1v) is 6.49. The first-order valence-electron chi connectivity index (χ1n) is 6.49. The molecular formula is C17H16O4. The van der Waals surface area contributed by atoms with Crippen LogP contribution in [0.5, 0.6) is 11.5 Å². The van der Waals surface area contributed by atoms with Gasteiger partial charge in [0.25, 0.3) is 0 Å². The lowest BCUT2D eigenvalue weighted by Gasteiger charge is -2.08. The van der Waals surface area contributed by atoms with Crippen molar-refractivity contribution in [2.45, 2.75) is 13.8 Å². The van der Waals surface area contributed by atoms with E-state index in [2.05, 4.69) is 0 Å². The molecule has 4 heteroatoms. The van der Waals surface area contributed by atoms with Crippen molar-refractivity contribution in [2.75, 3.05) is 7.11 Å². The highest BCUT2D eigenvalue weighted by atomic mass is 16.5. The van der Waals surface area contributed by atoms with Gasteiger partial charge in [0, 0.05) is 5.56 Å². The van der Waals surface area contributed by atoms with E-state index in [1.807, 2.05) is 6.92 Å². The number of rotatable bonds is 4. The van der Waals surface area contributed by atoms with Crippen LogP contribution >= 0.6 is 0 Å². The van der Waals surface area contributed by atoms with Crippen LogP contribution in [-0.2, 0) is 0 Å². The number of ketones is 1. The number of hydrogen-bond donors (Lipinski definition) is 0. The first kappa shape index (κ1) is 14.8. The summed E-state index contributed by atoms with van der Waals surface area (Å²) in [7, 11) is 1.55. The fraction of sp³-hybridized carbons (Fsp3) is 0.176. The number of Topliss-reactive ketones (excluding diaryl/α,β-unsaturated/α-hetero) is 1. The second kappa shape index (κ2) is 6.22. The molecule has 0 aliphatic rings. The van der Waals surface area contributed by atoms with Gasteiger partial charge < -0.3 is 9.47 Å². The number of ether oxygens (including phenoxy) is 2. The van der Waals surface area contributed by atoms with E-state index < -0.39 is 5.97 Å². The van der Waals surface area contributed by atoms with E-state index in [1.165, 1.54) is 6.92 Å². The molecule has 0 aromatic heterocycles. The summed E-state index contributed by atoms with van der Waals surface area (Å²) in [6.45, 7) is 3.38. The van der Waals surface area contributed by atoms with E-state index in [0.717, 1.165) is 5.56 Å². The Morgan fingerprint density at radius 2 is 1.57 bits per heavy atom. The Hall–Kier alpha value is -2.62. The SMILES string of the molecule is COc1cc(C(=O)Oc2ccc(C(C)=O)cc2)ccc1C. The van der Waals surface area contributed by atoms with Crippen LogP contribution < -0.4 is 9.47 Å². The minimum Gasteiger partial charge on any atom is -0.496 e. The molecular weight excluding hydrogens is 268 g/mol. The maximum absolute atomic E-state index is 12.1. The number of benzene rings is 2. The maximum atomic E-state index is 12.1. The zero-order valence-corrected chi connectivity index (χ0v) is 12.2. The topological polar surface area (TPSA) is 52.6 Å². The molecule has 0 unspecified atom stereocenters. The predicted octanol–water partition coefficient (Wildman–Crippen LogP) is 3.43. The summed E-state index contributed by atoms with van der Waals surface area (Å²) in [4.78, 5) is 23.2. The summed E-state index contributed by atoms with van der Waals surface area (Å²) in [5, 5.41) is 0. The van der Waals surface area contributed by atoms with Crippen LogP contribution in [0.25, 0.3) is 0 Å². The second-order valence-electron chi connectivity index (χ2n) is 4.65. The molecule has 0 spiro atoms. The fourth-order valence-electron chi connectivity index (χ4n) is 1.87. The molecule has 0 fully saturated rings. The van der Waals surface area contributed by atoms with Crippen molar-refractivity contribution < 1.29 is 19.1 Å². The minimum absolute atomic E-state index is 0.0313. The molecule has 0 aliphatic carbocycles. The third kappa shape index (κ3) is 3.48. The molecule has 4 nitrogen and oxygen atoms in total. The number of carbonyl (C=O) groups excluding carboxylic acids is 2. The quantitative estimate of drug-likeness (QED) is 0.490. The zero-order chi connectivity index (χ0) is 15.4. The third-order valence-electron chi connectivity index (χ3n) is 3.12. The molecule has 21 heavy (non-hydrogen) atoms. The molecule has 0 saturated heterocycles. The second-order valence-corrected chi connectivity index (χ2v) is 4.65. The van der Waals surface area contributed by atoms with Crippen molar-refractivity contribution in [1.82, 2.24) is 0 Å². The molecule has 0 N–H and O–H groups in total. The Morgan fingerprint density at radius 3 is 2.14 bits per heavy atom. The van der Waals surface area contributed by atoms with Crippen molar-refractivity contribution in [3.05, 3.63) is 59.2 Å². The van der Waals surface area contributed by atoms with E-state index in [0.29, 0.717) is 22.6 Å². The van der Waals surface area contributed by atoms with Gasteiger partial charge in [-0.15, -0.1) is 0 Å². The molecule has 0 bridgehead atoms. The molecule has 2 rings (SSSR count). The van der Waals surface area contributed by atoms with Gasteiger partial charge in [0.1, 0.15) is 11.5 Å². The molecule has 2 aromatic carbocycles. The number of methoxy groups -OCH3 is 1. The Kier molecular flexibility index (Phi) is 4.38. The number of aryl methyl sites for hydroxylation is 1. The van der Waals surface area contributed by atoms with Crippen LogP contribution in [0.1, 0.15) is 33.2 Å². The lowest BCUT2D eigenvalue weighted by atomic mass is 10.1. The highest BCUT2D eigenvalue weighted by Crippen LogP contribution is 2.21. The molecule has 0 saturated carbocycles. The van der Waals surface area contributed by atoms with Crippen LogP contribution in [-0.4, -0.2) is 18.9 Å². The van der Waals surface area contributed by atoms with Gasteiger partial charge in [-0.3, -0.25) is 4.79 Å². The van der Waals surface area contributed by atoms with Gasteiger partial charge in [-0.25, -0.2) is 4.79 Å². The molecule has 0 amide bonds. The highest BCUT2D eigenvalue weighted by Gasteiger charge is 2.11. The Bertz CT molecular complexity index is 672. The zero-order valence-electron chi connectivity index (χ0n) is 12.2. The van der Waals surface area contributed by atoms with E-state index in [1.54, 1.807) is 49.6 Å². The summed E-state index contributed by atoms with van der Waals surface area (Å²) < 4.78 is 10.5. The van der Waals surface area contributed by atoms with Crippen LogP contribution in [0.2, 0.25) is 0 Å². The summed E-state index contributed by atoms with van der Waals surface area (Å²) in [5.41, 5.74) is 1.93. The van der Waals surface area contributed by atoms with Crippen molar-refractivity contribution in [3.8, 4) is 11.5 Å². The standard InChI is InChI=1S/C17H16O4/c1-11-4-5-14(10-16(11)20-3)17(19)21-15-8-6-13(7-9-15)12(2)18/h4-10H,1-3H3. The summed E-state index contributed by atoms with van der Waals surface area (Å²) >= 11 is 0. The molecule has 0 atom stereocenters. The number of esters is 1. The normalized spacial score (nSPS) is 10.0. The molecule has 2 aromatic rings. The summed E-state index contributed by atoms with van der Waals surface area (Å²) in [6, 6.07) is 11.6. The van der Waals surface area contributed by atoms with Crippen molar-refractivity contribution in [3.63, 3.8) is 0 Å². The Balaban J connectivity index is 2.15. The summed E-state index contributed by atoms with van der Waals surface area (Å²) in [5.74, 6) is 0.529. The average Bonchev–Trinajstić information content (AvgIpc) is 2.48. The van der Waals surface area contributed by atoms with E-state index in [-0.39, 0.29) is 5.78 Å². The van der Waals surface area contributed by atoms with Gasteiger partial charge in [0.15, 0.2) is 5.78 Å². The molecule has 108 valence electrons. The monoisotopic (exact) mass is 284 g/mol. The lowest BCUT2D eigenvalue weighted by molar-refractivity contribution is 0.0734. The van der Waals surface area contributed by atoms with Gasteiger partial charge in [0.2, 0.25) is 0 Å². The van der Waals surface area contributed by atoms with Gasteiger partial charge in [-0.1, -0.05) is 6.07 Å². The Labute approximate surface area is 123 Å². The largest absolute Gasteiger partial charge is 0.496 e. The van der Waals surface area contributed by atoms with Gasteiger partial charge in [-0.2, -0.15) is 0 Å².